The Morgan fingerprint density at radius 1 is 1.50 bits per heavy atom. The first-order chi connectivity index (χ1) is 7.61. The Hall–Kier alpha value is -1.80. The van der Waals surface area contributed by atoms with Gasteiger partial charge in [0, 0.05) is 10.0 Å². The largest absolute Gasteiger partial charge is 0.419 e. The standard InChI is InChI=1S/C11H8BrN3O/c1-6-4-7(12)2-3-8(6)11-15-9(5-13)10(14)16-11/h2-4H,14H2,1H3. The Morgan fingerprint density at radius 2 is 2.25 bits per heavy atom. The van der Waals surface area contributed by atoms with Crippen LogP contribution < -0.4 is 5.73 Å². The number of benzene rings is 1. The Morgan fingerprint density at radius 3 is 2.81 bits per heavy atom. The summed E-state index contributed by atoms with van der Waals surface area (Å²) in [5.41, 5.74) is 7.46. The maximum atomic E-state index is 8.73. The maximum Gasteiger partial charge on any atom is 0.230 e. The van der Waals surface area contributed by atoms with E-state index in [1.54, 1.807) is 0 Å². The molecular weight excluding hydrogens is 270 g/mol. The third-order valence-electron chi connectivity index (χ3n) is 2.18. The number of aromatic nitrogens is 1. The molecule has 0 atom stereocenters. The molecule has 0 bridgehead atoms. The molecule has 80 valence electrons. The molecule has 0 aliphatic carbocycles. The zero-order chi connectivity index (χ0) is 11.7. The molecular formula is C11H8BrN3O. The first-order valence-electron chi connectivity index (χ1n) is 4.54. The lowest BCUT2D eigenvalue weighted by molar-refractivity contribution is 0.593. The number of nitrogen functional groups attached to an aromatic ring is 1. The molecule has 0 saturated heterocycles. The summed E-state index contributed by atoms with van der Waals surface area (Å²) in [5.74, 6) is 0.430. The molecule has 0 amide bonds. The number of oxazole rings is 1. The fourth-order valence-corrected chi connectivity index (χ4v) is 1.87. The van der Waals surface area contributed by atoms with Crippen LogP contribution >= 0.6 is 15.9 Å². The minimum atomic E-state index is 0.0554. The quantitative estimate of drug-likeness (QED) is 0.870. The summed E-state index contributed by atoms with van der Waals surface area (Å²) in [7, 11) is 0. The molecule has 5 heteroatoms. The minimum absolute atomic E-state index is 0.0554. The van der Waals surface area contributed by atoms with Crippen molar-refractivity contribution in [2.75, 3.05) is 5.73 Å². The molecule has 1 aromatic heterocycles. The third kappa shape index (κ3) is 1.79. The van der Waals surface area contributed by atoms with Crippen LogP contribution in [0.2, 0.25) is 0 Å². The number of aryl methyl sites for hydroxylation is 1. The van der Waals surface area contributed by atoms with E-state index in [-0.39, 0.29) is 11.6 Å². The van der Waals surface area contributed by atoms with Gasteiger partial charge in [0.05, 0.1) is 0 Å². The molecule has 2 aromatic rings. The summed E-state index contributed by atoms with van der Waals surface area (Å²) in [4.78, 5) is 4.02. The lowest BCUT2D eigenvalue weighted by Crippen LogP contribution is -1.84. The third-order valence-corrected chi connectivity index (χ3v) is 2.67. The second-order valence-electron chi connectivity index (χ2n) is 3.30. The van der Waals surface area contributed by atoms with E-state index >= 15 is 0 Å². The summed E-state index contributed by atoms with van der Waals surface area (Å²) in [6, 6.07) is 7.57. The van der Waals surface area contributed by atoms with E-state index in [9.17, 15) is 0 Å². The van der Waals surface area contributed by atoms with Crippen LogP contribution in [0.25, 0.3) is 11.5 Å². The predicted molar refractivity (Wildman–Crippen MR) is 63.5 cm³/mol. The first-order valence-corrected chi connectivity index (χ1v) is 5.34. The van der Waals surface area contributed by atoms with Crippen molar-refractivity contribution >= 4 is 21.8 Å². The van der Waals surface area contributed by atoms with Crippen LogP contribution in [0, 0.1) is 18.3 Å². The van der Waals surface area contributed by atoms with Crippen molar-refractivity contribution in [1.82, 2.24) is 4.98 Å². The van der Waals surface area contributed by atoms with Crippen LogP contribution in [0.5, 0.6) is 0 Å². The van der Waals surface area contributed by atoms with E-state index < -0.39 is 0 Å². The Labute approximate surface area is 101 Å². The Bertz CT molecular complexity index is 583. The zero-order valence-electron chi connectivity index (χ0n) is 8.49. The van der Waals surface area contributed by atoms with E-state index in [2.05, 4.69) is 20.9 Å². The van der Waals surface area contributed by atoms with Gasteiger partial charge in [-0.1, -0.05) is 15.9 Å². The molecule has 1 aromatic carbocycles. The average Bonchev–Trinajstić information content (AvgIpc) is 2.59. The highest BCUT2D eigenvalue weighted by Gasteiger charge is 2.13. The van der Waals surface area contributed by atoms with Gasteiger partial charge >= 0.3 is 0 Å². The summed E-state index contributed by atoms with van der Waals surface area (Å²) < 4.78 is 6.22. The molecule has 0 saturated carbocycles. The van der Waals surface area contributed by atoms with Crippen molar-refractivity contribution in [3.8, 4) is 17.5 Å². The Kier molecular flexibility index (Phi) is 2.67. The minimum Gasteiger partial charge on any atom is -0.419 e. The number of hydrogen-bond donors (Lipinski definition) is 1. The van der Waals surface area contributed by atoms with E-state index in [0.717, 1.165) is 15.6 Å². The highest BCUT2D eigenvalue weighted by Crippen LogP contribution is 2.27. The van der Waals surface area contributed by atoms with E-state index in [4.69, 9.17) is 15.4 Å². The maximum absolute atomic E-state index is 8.73. The van der Waals surface area contributed by atoms with Gasteiger partial charge in [-0.2, -0.15) is 10.2 Å². The molecule has 0 unspecified atom stereocenters. The van der Waals surface area contributed by atoms with E-state index in [0.29, 0.717) is 5.89 Å². The van der Waals surface area contributed by atoms with Crippen molar-refractivity contribution in [2.45, 2.75) is 6.92 Å². The van der Waals surface area contributed by atoms with E-state index in [1.807, 2.05) is 31.2 Å². The Balaban J connectivity index is 2.55. The second-order valence-corrected chi connectivity index (χ2v) is 4.22. The lowest BCUT2D eigenvalue weighted by atomic mass is 10.1. The highest BCUT2D eigenvalue weighted by atomic mass is 79.9. The van der Waals surface area contributed by atoms with Crippen molar-refractivity contribution in [1.29, 1.82) is 5.26 Å². The average molecular weight is 278 g/mol. The number of nitriles is 1. The summed E-state index contributed by atoms with van der Waals surface area (Å²) >= 11 is 3.37. The molecule has 2 rings (SSSR count). The van der Waals surface area contributed by atoms with Crippen LogP contribution in [-0.2, 0) is 0 Å². The second kappa shape index (κ2) is 3.99. The fourth-order valence-electron chi connectivity index (χ4n) is 1.39. The normalized spacial score (nSPS) is 10.1. The van der Waals surface area contributed by atoms with Gasteiger partial charge in [-0.3, -0.25) is 0 Å². The summed E-state index contributed by atoms with van der Waals surface area (Å²) in [6.45, 7) is 1.94. The van der Waals surface area contributed by atoms with Crippen molar-refractivity contribution in [2.24, 2.45) is 0 Å². The van der Waals surface area contributed by atoms with Gasteiger partial charge in [-0.15, -0.1) is 0 Å². The molecule has 0 radical (unpaired) electrons. The first kappa shape index (κ1) is 10.7. The van der Waals surface area contributed by atoms with Gasteiger partial charge in [-0.05, 0) is 30.7 Å². The predicted octanol–water partition coefficient (Wildman–Crippen LogP) is 2.87. The molecule has 4 nitrogen and oxygen atoms in total. The van der Waals surface area contributed by atoms with Gasteiger partial charge in [0.2, 0.25) is 17.5 Å². The lowest BCUT2D eigenvalue weighted by Gasteiger charge is -2.01. The molecule has 1 heterocycles. The molecule has 0 spiro atoms. The van der Waals surface area contributed by atoms with Gasteiger partial charge in [0.1, 0.15) is 6.07 Å². The van der Waals surface area contributed by atoms with Gasteiger partial charge in [-0.25, -0.2) is 0 Å². The number of rotatable bonds is 1. The van der Waals surface area contributed by atoms with Crippen LogP contribution in [0.3, 0.4) is 0 Å². The van der Waals surface area contributed by atoms with Gasteiger partial charge in [0.15, 0.2) is 0 Å². The smallest absolute Gasteiger partial charge is 0.230 e. The summed E-state index contributed by atoms with van der Waals surface area (Å²) in [5, 5.41) is 8.73. The number of halogens is 1. The monoisotopic (exact) mass is 277 g/mol. The zero-order valence-corrected chi connectivity index (χ0v) is 10.1. The van der Waals surface area contributed by atoms with Crippen molar-refractivity contribution in [3.63, 3.8) is 0 Å². The van der Waals surface area contributed by atoms with E-state index in [1.165, 1.54) is 0 Å². The number of anilines is 1. The number of nitrogens with two attached hydrogens (primary N) is 1. The molecule has 0 aliphatic heterocycles. The fraction of sp³-hybridized carbons (Fsp3) is 0.0909. The molecule has 2 N–H and O–H groups in total. The summed E-state index contributed by atoms with van der Waals surface area (Å²) in [6.07, 6.45) is 0. The van der Waals surface area contributed by atoms with Crippen LogP contribution in [0.4, 0.5) is 5.88 Å². The van der Waals surface area contributed by atoms with Crippen LogP contribution in [0.15, 0.2) is 27.1 Å². The SMILES string of the molecule is Cc1cc(Br)ccc1-c1nc(C#N)c(N)o1. The number of nitrogens with zero attached hydrogens (tertiary/aromatic N) is 2. The molecule has 16 heavy (non-hydrogen) atoms. The van der Waals surface area contributed by atoms with Crippen LogP contribution in [-0.4, -0.2) is 4.98 Å². The van der Waals surface area contributed by atoms with Gasteiger partial charge in [0.25, 0.3) is 0 Å². The molecule has 0 aliphatic rings. The van der Waals surface area contributed by atoms with Crippen LogP contribution in [0.1, 0.15) is 11.3 Å². The highest BCUT2D eigenvalue weighted by molar-refractivity contribution is 9.10. The number of hydrogen-bond acceptors (Lipinski definition) is 4. The van der Waals surface area contributed by atoms with Crippen molar-refractivity contribution < 1.29 is 4.42 Å². The molecule has 0 fully saturated rings. The van der Waals surface area contributed by atoms with Gasteiger partial charge < -0.3 is 10.2 Å². The van der Waals surface area contributed by atoms with Crippen molar-refractivity contribution in [3.05, 3.63) is 33.9 Å². The topological polar surface area (TPSA) is 75.8 Å².